The van der Waals surface area contributed by atoms with Crippen LogP contribution in [0.5, 0.6) is 11.6 Å². The summed E-state index contributed by atoms with van der Waals surface area (Å²) in [6, 6.07) is 3.69. The molecule has 0 aromatic carbocycles. The van der Waals surface area contributed by atoms with Gasteiger partial charge in [-0.05, 0) is 39.8 Å². The van der Waals surface area contributed by atoms with Crippen molar-refractivity contribution >= 4 is 22.0 Å². The summed E-state index contributed by atoms with van der Waals surface area (Å²) in [5.74, 6) is 1.52. The second-order valence-electron chi connectivity index (χ2n) is 6.26. The number of rotatable bonds is 6. The third-order valence-electron chi connectivity index (χ3n) is 3.91. The van der Waals surface area contributed by atoms with Crippen LogP contribution in [0, 0.1) is 13.8 Å². The van der Waals surface area contributed by atoms with E-state index in [0.29, 0.717) is 16.7 Å². The fourth-order valence-corrected chi connectivity index (χ4v) is 3.66. The number of aromatic nitrogens is 4. The third kappa shape index (κ3) is 4.87. The molecule has 0 saturated heterocycles. The fraction of sp³-hybridized carbons (Fsp3) is 0.389. The van der Waals surface area contributed by atoms with E-state index in [0.717, 1.165) is 28.1 Å². The molecule has 1 unspecified atom stereocenters. The number of nitrogens with zero attached hydrogens (tertiary/aromatic N) is 3. The SMILES string of the molecule is COc1ccnc(CS(=O)c2nc3nc(OC(C)C)c(C)cc3[nH]2)c1C.[H-].[Na+]. The van der Waals surface area contributed by atoms with Crippen molar-refractivity contribution in [2.75, 3.05) is 7.11 Å². The average Bonchev–Trinajstić information content (AvgIpc) is 2.99. The Morgan fingerprint density at radius 3 is 2.70 bits per heavy atom. The maximum atomic E-state index is 12.8. The van der Waals surface area contributed by atoms with Crippen LogP contribution in [-0.2, 0) is 16.6 Å². The summed E-state index contributed by atoms with van der Waals surface area (Å²) >= 11 is 0. The minimum absolute atomic E-state index is 0. The van der Waals surface area contributed by atoms with Crippen LogP contribution in [0.1, 0.15) is 32.1 Å². The summed E-state index contributed by atoms with van der Waals surface area (Å²) < 4.78 is 23.7. The maximum absolute atomic E-state index is 12.8. The van der Waals surface area contributed by atoms with Crippen LogP contribution >= 0.6 is 0 Å². The number of hydrogen-bond acceptors (Lipinski definition) is 6. The van der Waals surface area contributed by atoms with Crippen molar-refractivity contribution in [1.29, 1.82) is 0 Å². The number of imidazole rings is 1. The van der Waals surface area contributed by atoms with Crippen molar-refractivity contribution in [3.63, 3.8) is 0 Å². The van der Waals surface area contributed by atoms with Crippen LogP contribution in [0.25, 0.3) is 11.2 Å². The van der Waals surface area contributed by atoms with Crippen molar-refractivity contribution in [3.05, 3.63) is 35.2 Å². The van der Waals surface area contributed by atoms with Crippen LogP contribution < -0.4 is 39.0 Å². The van der Waals surface area contributed by atoms with Crippen molar-refractivity contribution < 1.29 is 44.7 Å². The average molecular weight is 398 g/mol. The minimum Gasteiger partial charge on any atom is -1.00 e. The molecule has 0 amide bonds. The number of pyridine rings is 2. The molecule has 0 aliphatic carbocycles. The normalized spacial score (nSPS) is 12.1. The number of fused-ring (bicyclic) bond motifs is 1. The molecule has 0 fully saturated rings. The molecule has 0 aliphatic rings. The number of aryl methyl sites for hydroxylation is 1. The molecule has 140 valence electrons. The second kappa shape index (κ2) is 9.14. The maximum Gasteiger partial charge on any atom is 1.00 e. The first-order valence-electron chi connectivity index (χ1n) is 8.30. The van der Waals surface area contributed by atoms with E-state index in [9.17, 15) is 4.21 Å². The Hall–Kier alpha value is -1.48. The van der Waals surface area contributed by atoms with E-state index in [1.807, 2.05) is 33.8 Å². The van der Waals surface area contributed by atoms with Gasteiger partial charge in [-0.2, -0.15) is 4.98 Å². The molecule has 3 aromatic heterocycles. The number of aromatic amines is 1. The van der Waals surface area contributed by atoms with Gasteiger partial charge in [0.2, 0.25) is 5.88 Å². The van der Waals surface area contributed by atoms with Gasteiger partial charge in [-0.3, -0.25) is 9.19 Å². The Morgan fingerprint density at radius 2 is 2.04 bits per heavy atom. The summed E-state index contributed by atoms with van der Waals surface area (Å²) in [6.45, 7) is 7.71. The van der Waals surface area contributed by atoms with E-state index in [4.69, 9.17) is 9.47 Å². The van der Waals surface area contributed by atoms with Gasteiger partial charge >= 0.3 is 29.6 Å². The van der Waals surface area contributed by atoms with Gasteiger partial charge in [0, 0.05) is 17.3 Å². The summed E-state index contributed by atoms with van der Waals surface area (Å²) in [6.07, 6.45) is 1.67. The van der Waals surface area contributed by atoms with Crippen molar-refractivity contribution in [3.8, 4) is 11.6 Å². The number of methoxy groups -OCH3 is 1. The topological polar surface area (TPSA) is 90.0 Å². The first-order valence-corrected chi connectivity index (χ1v) is 9.61. The third-order valence-corrected chi connectivity index (χ3v) is 5.07. The van der Waals surface area contributed by atoms with Crippen LogP contribution in [0.3, 0.4) is 0 Å². The van der Waals surface area contributed by atoms with Crippen LogP contribution in [0.4, 0.5) is 0 Å². The molecule has 3 aromatic rings. The Kier molecular flexibility index (Phi) is 7.39. The Balaban J connectivity index is 0.00000196. The molecule has 0 spiro atoms. The Morgan fingerprint density at radius 1 is 1.30 bits per heavy atom. The van der Waals surface area contributed by atoms with E-state index in [1.54, 1.807) is 19.4 Å². The second-order valence-corrected chi connectivity index (χ2v) is 7.63. The van der Waals surface area contributed by atoms with Gasteiger partial charge in [-0.1, -0.05) is 0 Å². The van der Waals surface area contributed by atoms with E-state index < -0.39 is 10.8 Å². The first-order chi connectivity index (χ1) is 12.4. The molecule has 0 aliphatic heterocycles. The van der Waals surface area contributed by atoms with E-state index >= 15 is 0 Å². The van der Waals surface area contributed by atoms with Crippen LogP contribution in [0.15, 0.2) is 23.5 Å². The van der Waals surface area contributed by atoms with E-state index in [-0.39, 0.29) is 42.8 Å². The molecular formula is C18H23N4NaO3S. The van der Waals surface area contributed by atoms with Crippen molar-refractivity contribution in [2.45, 2.75) is 44.7 Å². The molecule has 1 N–H and O–H groups in total. The molecule has 7 nitrogen and oxygen atoms in total. The number of hydrogen-bond donors (Lipinski definition) is 1. The molecule has 1 atom stereocenters. The molecule has 27 heavy (non-hydrogen) atoms. The van der Waals surface area contributed by atoms with Crippen molar-refractivity contribution in [2.24, 2.45) is 0 Å². The van der Waals surface area contributed by atoms with E-state index in [2.05, 4.69) is 19.9 Å². The predicted octanol–water partition coefficient (Wildman–Crippen LogP) is 0.190. The first kappa shape index (κ1) is 21.8. The molecule has 0 bridgehead atoms. The zero-order valence-corrected chi connectivity index (χ0v) is 19.3. The smallest absolute Gasteiger partial charge is 1.00 e. The quantitative estimate of drug-likeness (QED) is 0.596. The van der Waals surface area contributed by atoms with Gasteiger partial charge in [0.25, 0.3) is 0 Å². The molecule has 0 saturated carbocycles. The summed E-state index contributed by atoms with van der Waals surface area (Å²) in [7, 11) is 0.227. The zero-order valence-electron chi connectivity index (χ0n) is 17.5. The molecule has 3 heterocycles. The molecule has 9 heteroatoms. The van der Waals surface area contributed by atoms with Crippen molar-refractivity contribution in [1.82, 2.24) is 19.9 Å². The van der Waals surface area contributed by atoms with Gasteiger partial charge < -0.3 is 15.9 Å². The summed E-state index contributed by atoms with van der Waals surface area (Å²) in [4.78, 5) is 16.2. The van der Waals surface area contributed by atoms with Gasteiger partial charge in [0.1, 0.15) is 5.75 Å². The Labute approximate surface area is 184 Å². The van der Waals surface area contributed by atoms with Crippen LogP contribution in [-0.4, -0.2) is 37.4 Å². The zero-order chi connectivity index (χ0) is 18.8. The summed E-state index contributed by atoms with van der Waals surface area (Å²) in [5.41, 5.74) is 3.72. The van der Waals surface area contributed by atoms with Crippen LogP contribution in [0.2, 0.25) is 0 Å². The Bertz CT molecular complexity index is 981. The minimum atomic E-state index is -1.38. The van der Waals surface area contributed by atoms with Gasteiger partial charge in [0.15, 0.2) is 10.8 Å². The van der Waals surface area contributed by atoms with Gasteiger partial charge in [-0.25, -0.2) is 4.98 Å². The molecule has 3 rings (SSSR count). The number of H-pyrrole nitrogens is 1. The fourth-order valence-electron chi connectivity index (χ4n) is 2.57. The van der Waals surface area contributed by atoms with Gasteiger partial charge in [0.05, 0.1) is 41.0 Å². The standard InChI is InChI=1S/C18H22N4O3S.Na.H/c1-10(2)25-17-11(3)8-13-16(21-17)22-18(20-13)26(23)9-14-12(4)15(24-5)6-7-19-14;;/h6-8,10H,9H2,1-5H3,(H,20,21,22);;/q;+1;-1. The monoisotopic (exact) mass is 398 g/mol. The van der Waals surface area contributed by atoms with E-state index in [1.165, 1.54) is 0 Å². The number of nitrogens with one attached hydrogen (secondary N) is 1. The molecular weight excluding hydrogens is 375 g/mol. The largest absolute Gasteiger partial charge is 1.00 e. The predicted molar refractivity (Wildman–Crippen MR) is 101 cm³/mol. The summed E-state index contributed by atoms with van der Waals surface area (Å²) in [5, 5.41) is 0.373. The number of ether oxygens (including phenoxy) is 2. The van der Waals surface area contributed by atoms with Gasteiger partial charge in [-0.15, -0.1) is 0 Å². The molecule has 0 radical (unpaired) electrons.